The van der Waals surface area contributed by atoms with Crippen molar-refractivity contribution < 1.29 is 14.3 Å². The number of aryl methyl sites for hydroxylation is 1. The van der Waals surface area contributed by atoms with Gasteiger partial charge in [-0.1, -0.05) is 29.8 Å². The Morgan fingerprint density at radius 1 is 1.21 bits per heavy atom. The second kappa shape index (κ2) is 8.59. The van der Waals surface area contributed by atoms with Crippen LogP contribution < -0.4 is 14.8 Å². The lowest BCUT2D eigenvalue weighted by Gasteiger charge is -2.11. The van der Waals surface area contributed by atoms with Crippen LogP contribution in [0.3, 0.4) is 0 Å². The van der Waals surface area contributed by atoms with Crippen molar-refractivity contribution in [3.63, 3.8) is 0 Å². The lowest BCUT2D eigenvalue weighted by Crippen LogP contribution is -2.30. The molecule has 0 saturated carbocycles. The van der Waals surface area contributed by atoms with Gasteiger partial charge in [-0.05, 0) is 37.1 Å². The first-order valence-electron chi connectivity index (χ1n) is 7.66. The fraction of sp³-hybridized carbons (Fsp3) is 0.263. The van der Waals surface area contributed by atoms with Crippen molar-refractivity contribution in [2.24, 2.45) is 0 Å². The fourth-order valence-electron chi connectivity index (χ4n) is 2.32. The van der Waals surface area contributed by atoms with E-state index in [9.17, 15) is 4.79 Å². The van der Waals surface area contributed by atoms with Gasteiger partial charge in [0.05, 0.1) is 12.7 Å². The van der Waals surface area contributed by atoms with Crippen LogP contribution in [0.2, 0.25) is 0 Å². The van der Waals surface area contributed by atoms with Gasteiger partial charge in [-0.2, -0.15) is 5.26 Å². The number of amides is 1. The summed E-state index contributed by atoms with van der Waals surface area (Å²) in [5, 5.41) is 11.8. The van der Waals surface area contributed by atoms with Gasteiger partial charge in [-0.25, -0.2) is 0 Å². The summed E-state index contributed by atoms with van der Waals surface area (Å²) >= 11 is 0. The zero-order chi connectivity index (χ0) is 17.4. The molecule has 124 valence electrons. The van der Waals surface area contributed by atoms with Crippen LogP contribution in [-0.2, 0) is 11.2 Å². The van der Waals surface area contributed by atoms with Crippen molar-refractivity contribution >= 4 is 5.91 Å². The topological polar surface area (TPSA) is 71.3 Å². The third-order valence-electron chi connectivity index (χ3n) is 3.52. The van der Waals surface area contributed by atoms with Crippen LogP contribution in [0.15, 0.2) is 42.5 Å². The number of methoxy groups -OCH3 is 1. The average molecular weight is 324 g/mol. The predicted molar refractivity (Wildman–Crippen MR) is 91.1 cm³/mol. The van der Waals surface area contributed by atoms with Gasteiger partial charge in [-0.3, -0.25) is 4.79 Å². The Kier molecular flexibility index (Phi) is 6.21. The summed E-state index contributed by atoms with van der Waals surface area (Å²) in [5.74, 6) is 0.999. The van der Waals surface area contributed by atoms with Gasteiger partial charge in [0.2, 0.25) is 0 Å². The van der Waals surface area contributed by atoms with Crippen LogP contribution in [0.1, 0.15) is 16.7 Å². The molecule has 2 aromatic carbocycles. The molecule has 0 heterocycles. The number of hydrogen-bond acceptors (Lipinski definition) is 4. The van der Waals surface area contributed by atoms with Crippen molar-refractivity contribution in [2.75, 3.05) is 20.3 Å². The monoisotopic (exact) mass is 324 g/mol. The molecule has 1 N–H and O–H groups in total. The zero-order valence-corrected chi connectivity index (χ0v) is 13.8. The number of rotatable bonds is 7. The first kappa shape index (κ1) is 17.4. The summed E-state index contributed by atoms with van der Waals surface area (Å²) in [6.45, 7) is 2.38. The number of carbonyl (C=O) groups is 1. The minimum atomic E-state index is -0.227. The SMILES string of the molecule is COc1ccc(C)cc1CCNC(=O)COc1ccccc1C#N. The van der Waals surface area contributed by atoms with Crippen molar-refractivity contribution in [2.45, 2.75) is 13.3 Å². The molecule has 0 aliphatic heterocycles. The second-order valence-corrected chi connectivity index (χ2v) is 5.31. The van der Waals surface area contributed by atoms with E-state index in [0.29, 0.717) is 24.3 Å². The molecule has 24 heavy (non-hydrogen) atoms. The highest BCUT2D eigenvalue weighted by atomic mass is 16.5. The second-order valence-electron chi connectivity index (χ2n) is 5.31. The maximum Gasteiger partial charge on any atom is 0.257 e. The van der Waals surface area contributed by atoms with Gasteiger partial charge in [-0.15, -0.1) is 0 Å². The van der Waals surface area contributed by atoms with Gasteiger partial charge in [0, 0.05) is 6.54 Å². The van der Waals surface area contributed by atoms with E-state index in [0.717, 1.165) is 16.9 Å². The Balaban J connectivity index is 1.82. The Morgan fingerprint density at radius 2 is 2.00 bits per heavy atom. The van der Waals surface area contributed by atoms with Crippen molar-refractivity contribution in [3.8, 4) is 17.6 Å². The third-order valence-corrected chi connectivity index (χ3v) is 3.52. The summed E-state index contributed by atoms with van der Waals surface area (Å²) in [6.07, 6.45) is 0.672. The lowest BCUT2D eigenvalue weighted by molar-refractivity contribution is -0.123. The van der Waals surface area contributed by atoms with E-state index in [4.69, 9.17) is 14.7 Å². The smallest absolute Gasteiger partial charge is 0.257 e. The number of nitrogens with zero attached hydrogens (tertiary/aromatic N) is 1. The van der Waals surface area contributed by atoms with Crippen LogP contribution >= 0.6 is 0 Å². The minimum Gasteiger partial charge on any atom is -0.496 e. The number of carbonyl (C=O) groups excluding carboxylic acids is 1. The minimum absolute atomic E-state index is 0.121. The van der Waals surface area contributed by atoms with Crippen LogP contribution in [0.4, 0.5) is 0 Å². The van der Waals surface area contributed by atoms with Gasteiger partial charge in [0.25, 0.3) is 5.91 Å². The van der Waals surface area contributed by atoms with Gasteiger partial charge in [0.1, 0.15) is 17.6 Å². The van der Waals surface area contributed by atoms with Crippen LogP contribution in [0.25, 0.3) is 0 Å². The Morgan fingerprint density at radius 3 is 2.75 bits per heavy atom. The van der Waals surface area contributed by atoms with E-state index in [1.54, 1.807) is 31.4 Å². The summed E-state index contributed by atoms with van der Waals surface area (Å²) in [4.78, 5) is 11.9. The molecule has 0 atom stereocenters. The van der Waals surface area contributed by atoms with Crippen molar-refractivity contribution in [1.29, 1.82) is 5.26 Å². The highest BCUT2D eigenvalue weighted by Crippen LogP contribution is 2.20. The molecule has 1 amide bonds. The van der Waals surface area contributed by atoms with E-state index in [1.165, 1.54) is 0 Å². The predicted octanol–water partition coefficient (Wildman–Crippen LogP) is 2.61. The van der Waals surface area contributed by atoms with E-state index >= 15 is 0 Å². The molecule has 0 radical (unpaired) electrons. The van der Waals surface area contributed by atoms with Crippen LogP contribution in [0.5, 0.6) is 11.5 Å². The van der Waals surface area contributed by atoms with E-state index in [1.807, 2.05) is 31.2 Å². The number of para-hydroxylation sites is 1. The number of nitrogens with one attached hydrogen (secondary N) is 1. The first-order chi connectivity index (χ1) is 11.6. The number of benzene rings is 2. The molecule has 0 saturated heterocycles. The molecule has 2 rings (SSSR count). The normalized spacial score (nSPS) is 9.88. The standard InChI is InChI=1S/C19H20N2O3/c1-14-7-8-17(23-2)15(11-14)9-10-21-19(22)13-24-18-6-4-3-5-16(18)12-20/h3-8,11H,9-10,13H2,1-2H3,(H,21,22). The molecular weight excluding hydrogens is 304 g/mol. The lowest BCUT2D eigenvalue weighted by atomic mass is 10.1. The molecule has 0 spiro atoms. The summed E-state index contributed by atoms with van der Waals surface area (Å²) in [7, 11) is 1.63. The van der Waals surface area contributed by atoms with Crippen LogP contribution in [-0.4, -0.2) is 26.2 Å². The molecular formula is C19H20N2O3. The maximum atomic E-state index is 11.9. The zero-order valence-electron chi connectivity index (χ0n) is 13.8. The van der Waals surface area contributed by atoms with Gasteiger partial charge < -0.3 is 14.8 Å². The Labute approximate surface area is 141 Å². The quantitative estimate of drug-likeness (QED) is 0.850. The molecule has 0 aliphatic rings. The molecule has 2 aromatic rings. The summed E-state index contributed by atoms with van der Waals surface area (Å²) in [5.41, 5.74) is 2.61. The first-order valence-corrected chi connectivity index (χ1v) is 7.66. The molecule has 0 fully saturated rings. The highest BCUT2D eigenvalue weighted by Gasteiger charge is 2.07. The summed E-state index contributed by atoms with van der Waals surface area (Å²) in [6, 6.07) is 14.8. The molecule has 5 heteroatoms. The fourth-order valence-corrected chi connectivity index (χ4v) is 2.32. The van der Waals surface area contributed by atoms with E-state index in [-0.39, 0.29) is 12.5 Å². The molecule has 0 bridgehead atoms. The molecule has 0 aromatic heterocycles. The highest BCUT2D eigenvalue weighted by molar-refractivity contribution is 5.77. The largest absolute Gasteiger partial charge is 0.496 e. The average Bonchev–Trinajstić information content (AvgIpc) is 2.60. The van der Waals surface area contributed by atoms with Crippen molar-refractivity contribution in [3.05, 3.63) is 59.2 Å². The Hall–Kier alpha value is -3.00. The molecule has 0 aliphatic carbocycles. The van der Waals surface area contributed by atoms with E-state index < -0.39 is 0 Å². The molecule has 0 unspecified atom stereocenters. The third kappa shape index (κ3) is 4.75. The molecule has 5 nitrogen and oxygen atoms in total. The number of hydrogen-bond donors (Lipinski definition) is 1. The number of ether oxygens (including phenoxy) is 2. The summed E-state index contributed by atoms with van der Waals surface area (Å²) < 4.78 is 10.7. The number of nitriles is 1. The van der Waals surface area contributed by atoms with Gasteiger partial charge in [0.15, 0.2) is 6.61 Å². The maximum absolute atomic E-state index is 11.9. The Bertz CT molecular complexity index is 751. The van der Waals surface area contributed by atoms with Crippen LogP contribution in [0, 0.1) is 18.3 Å². The van der Waals surface area contributed by atoms with E-state index in [2.05, 4.69) is 5.32 Å². The van der Waals surface area contributed by atoms with Gasteiger partial charge >= 0.3 is 0 Å². The van der Waals surface area contributed by atoms with Crippen molar-refractivity contribution in [1.82, 2.24) is 5.32 Å².